The molecule has 1 aliphatic carbocycles. The van der Waals surface area contributed by atoms with E-state index in [9.17, 15) is 0 Å². The minimum Gasteiger partial charge on any atom is -0.284 e. The van der Waals surface area contributed by atoms with Gasteiger partial charge >= 0.3 is 0 Å². The number of fused-ring (bicyclic) bond motifs is 8. The lowest BCUT2D eigenvalue weighted by Gasteiger charge is -2.14. The van der Waals surface area contributed by atoms with Crippen molar-refractivity contribution in [3.05, 3.63) is 137 Å². The standard InChI is InChI=1S/C38H25N3S/c1-2-12-31-30(11-1)36(40-38-37(31)39-35-14-5-6-21-41(35)38)28-9-7-8-26(22-28)24-15-17-25(18-16-24)27-19-20-34-32(23-27)29-10-3-4-13-33(29)42-34/h1-18,20-23,27H,19H2. The summed E-state index contributed by atoms with van der Waals surface area (Å²) in [6, 6.07) is 41.2. The van der Waals surface area contributed by atoms with Crippen molar-refractivity contribution < 1.29 is 0 Å². The van der Waals surface area contributed by atoms with E-state index in [1.165, 1.54) is 36.5 Å². The molecule has 1 atom stereocenters. The molecule has 3 nitrogen and oxygen atoms in total. The Morgan fingerprint density at radius 2 is 1.45 bits per heavy atom. The zero-order chi connectivity index (χ0) is 27.6. The highest BCUT2D eigenvalue weighted by molar-refractivity contribution is 7.17. The van der Waals surface area contributed by atoms with Crippen LogP contribution in [-0.4, -0.2) is 14.4 Å². The lowest BCUT2D eigenvalue weighted by atomic mass is 9.90. The van der Waals surface area contributed by atoms with Gasteiger partial charge in [0.25, 0.3) is 0 Å². The van der Waals surface area contributed by atoms with E-state index in [4.69, 9.17) is 9.97 Å². The molecule has 4 heterocycles. The van der Waals surface area contributed by atoms with Crippen molar-refractivity contribution in [3.8, 4) is 22.4 Å². The molecule has 9 rings (SSSR count). The molecule has 0 amide bonds. The molecule has 1 aliphatic rings. The number of rotatable bonds is 3. The topological polar surface area (TPSA) is 30.2 Å². The first-order chi connectivity index (χ1) is 20.8. The van der Waals surface area contributed by atoms with Crippen LogP contribution < -0.4 is 9.75 Å². The normalized spacial score (nSPS) is 14.7. The summed E-state index contributed by atoms with van der Waals surface area (Å²) < 4.78 is 4.85. The summed E-state index contributed by atoms with van der Waals surface area (Å²) >= 11 is 1.90. The van der Waals surface area contributed by atoms with Crippen LogP contribution in [0.15, 0.2) is 121 Å². The van der Waals surface area contributed by atoms with Crippen molar-refractivity contribution in [2.75, 3.05) is 0 Å². The molecule has 0 fully saturated rings. The molecule has 8 aromatic rings. The third-order valence-electron chi connectivity index (χ3n) is 8.56. The number of pyridine rings is 2. The number of thiophene rings is 1. The van der Waals surface area contributed by atoms with E-state index in [0.717, 1.165) is 45.3 Å². The molecule has 0 bridgehead atoms. The highest BCUT2D eigenvalue weighted by atomic mass is 32.1. The molecule has 0 N–H and O–H groups in total. The minimum atomic E-state index is 0.392. The summed E-state index contributed by atoms with van der Waals surface area (Å²) in [6.45, 7) is 0. The zero-order valence-electron chi connectivity index (χ0n) is 22.7. The first-order valence-corrected chi connectivity index (χ1v) is 15.2. The van der Waals surface area contributed by atoms with Crippen LogP contribution in [0.1, 0.15) is 17.9 Å². The quantitative estimate of drug-likeness (QED) is 0.219. The maximum atomic E-state index is 5.20. The fraction of sp³-hybridized carbons (Fsp3) is 0.0526. The summed E-state index contributed by atoms with van der Waals surface area (Å²) in [5, 5.41) is 5.00. The Morgan fingerprint density at radius 1 is 0.667 bits per heavy atom. The highest BCUT2D eigenvalue weighted by Crippen LogP contribution is 2.35. The Balaban J connectivity index is 1.11. The van der Waals surface area contributed by atoms with Gasteiger partial charge in [0, 0.05) is 37.7 Å². The molecule has 0 spiro atoms. The monoisotopic (exact) mass is 555 g/mol. The molecule has 0 saturated heterocycles. The SMILES string of the molecule is C1=c2sc3ccccc3c2=CC(c2ccc(-c3cccc(-c4nc5c(nc6ccccn65)c5ccccc45)c3)cc2)C1. The third-order valence-corrected chi connectivity index (χ3v) is 9.74. The van der Waals surface area contributed by atoms with E-state index in [2.05, 4.69) is 114 Å². The van der Waals surface area contributed by atoms with Crippen LogP contribution in [0, 0.1) is 0 Å². The Bertz CT molecular complexity index is 2450. The van der Waals surface area contributed by atoms with Gasteiger partial charge in [-0.25, -0.2) is 9.97 Å². The van der Waals surface area contributed by atoms with Gasteiger partial charge in [0.15, 0.2) is 5.65 Å². The van der Waals surface area contributed by atoms with Crippen molar-refractivity contribution in [2.45, 2.75) is 12.3 Å². The van der Waals surface area contributed by atoms with Crippen LogP contribution in [-0.2, 0) is 0 Å². The second-order valence-electron chi connectivity index (χ2n) is 11.0. The lowest BCUT2D eigenvalue weighted by molar-refractivity contribution is 0.926. The summed E-state index contributed by atoms with van der Waals surface area (Å²) in [7, 11) is 0. The molecule has 4 heteroatoms. The van der Waals surface area contributed by atoms with Crippen molar-refractivity contribution in [3.63, 3.8) is 0 Å². The zero-order valence-corrected chi connectivity index (χ0v) is 23.6. The minimum absolute atomic E-state index is 0.392. The average Bonchev–Trinajstić information content (AvgIpc) is 3.63. The molecule has 198 valence electrons. The fourth-order valence-electron chi connectivity index (χ4n) is 6.46. The van der Waals surface area contributed by atoms with Gasteiger partial charge in [-0.2, -0.15) is 0 Å². The van der Waals surface area contributed by atoms with Gasteiger partial charge in [0.1, 0.15) is 11.2 Å². The van der Waals surface area contributed by atoms with Gasteiger partial charge in [0.2, 0.25) is 0 Å². The van der Waals surface area contributed by atoms with Gasteiger partial charge < -0.3 is 0 Å². The number of imidazole rings is 1. The molecule has 0 radical (unpaired) electrons. The van der Waals surface area contributed by atoms with Crippen LogP contribution in [0.3, 0.4) is 0 Å². The summed E-state index contributed by atoms with van der Waals surface area (Å²) in [4.78, 5) is 10.1. The Kier molecular flexibility index (Phi) is 5.19. The number of hydrogen-bond acceptors (Lipinski definition) is 3. The van der Waals surface area contributed by atoms with Crippen LogP contribution in [0.5, 0.6) is 0 Å². The van der Waals surface area contributed by atoms with Crippen LogP contribution in [0.4, 0.5) is 0 Å². The summed E-state index contributed by atoms with van der Waals surface area (Å²) in [5.41, 5.74) is 8.57. The molecular formula is C38H25N3S. The Morgan fingerprint density at radius 3 is 2.36 bits per heavy atom. The number of benzene rings is 4. The number of aromatic nitrogens is 3. The van der Waals surface area contributed by atoms with Gasteiger partial charge in [-0.3, -0.25) is 4.40 Å². The summed E-state index contributed by atoms with van der Waals surface area (Å²) in [5.74, 6) is 0.392. The van der Waals surface area contributed by atoms with Crippen molar-refractivity contribution in [2.24, 2.45) is 0 Å². The molecule has 4 aromatic heterocycles. The first-order valence-electron chi connectivity index (χ1n) is 14.4. The second-order valence-corrected chi connectivity index (χ2v) is 12.1. The predicted octanol–water partition coefficient (Wildman–Crippen LogP) is 8.33. The maximum absolute atomic E-state index is 5.20. The van der Waals surface area contributed by atoms with Gasteiger partial charge in [-0.05, 0) is 58.0 Å². The van der Waals surface area contributed by atoms with Crippen LogP contribution in [0.2, 0.25) is 0 Å². The highest BCUT2D eigenvalue weighted by Gasteiger charge is 2.16. The van der Waals surface area contributed by atoms with Gasteiger partial charge in [-0.1, -0.05) is 103 Å². The smallest absolute Gasteiger partial charge is 0.165 e. The van der Waals surface area contributed by atoms with E-state index in [1.807, 2.05) is 35.7 Å². The Hall–Kier alpha value is -5.06. The van der Waals surface area contributed by atoms with Crippen molar-refractivity contribution in [1.29, 1.82) is 0 Å². The largest absolute Gasteiger partial charge is 0.284 e. The van der Waals surface area contributed by atoms with Crippen LogP contribution >= 0.6 is 11.3 Å². The van der Waals surface area contributed by atoms with E-state index in [0.29, 0.717) is 5.92 Å². The van der Waals surface area contributed by atoms with E-state index >= 15 is 0 Å². The number of nitrogens with zero attached hydrogens (tertiary/aromatic N) is 3. The van der Waals surface area contributed by atoms with E-state index in [1.54, 1.807) is 0 Å². The van der Waals surface area contributed by atoms with Crippen molar-refractivity contribution >= 4 is 61.2 Å². The third kappa shape index (κ3) is 3.65. The Labute approximate surface area is 246 Å². The first kappa shape index (κ1) is 23.6. The fourth-order valence-corrected chi connectivity index (χ4v) is 7.60. The molecule has 4 aromatic carbocycles. The second kappa shape index (κ2) is 9.23. The molecular weight excluding hydrogens is 531 g/mol. The van der Waals surface area contributed by atoms with E-state index < -0.39 is 0 Å². The van der Waals surface area contributed by atoms with Crippen LogP contribution in [0.25, 0.3) is 72.2 Å². The molecule has 1 unspecified atom stereocenters. The average molecular weight is 556 g/mol. The van der Waals surface area contributed by atoms with Gasteiger partial charge in [-0.15, -0.1) is 11.3 Å². The molecule has 0 aliphatic heterocycles. The maximum Gasteiger partial charge on any atom is 0.165 e. The van der Waals surface area contributed by atoms with Crippen molar-refractivity contribution in [1.82, 2.24) is 14.4 Å². The summed E-state index contributed by atoms with van der Waals surface area (Å²) in [6.07, 6.45) is 7.97. The molecule has 42 heavy (non-hydrogen) atoms. The molecule has 0 saturated carbocycles. The van der Waals surface area contributed by atoms with Gasteiger partial charge in [0.05, 0.1) is 5.69 Å². The van der Waals surface area contributed by atoms with E-state index in [-0.39, 0.29) is 0 Å². The lowest BCUT2D eigenvalue weighted by Crippen LogP contribution is -2.23. The number of hydrogen-bond donors (Lipinski definition) is 0. The predicted molar refractivity (Wildman–Crippen MR) is 176 cm³/mol.